The van der Waals surface area contributed by atoms with Gasteiger partial charge in [0.2, 0.25) is 0 Å². The Balaban J connectivity index is 2.28. The van der Waals surface area contributed by atoms with Crippen molar-refractivity contribution in [2.75, 3.05) is 20.3 Å². The van der Waals surface area contributed by atoms with E-state index in [1.165, 1.54) is 0 Å². The van der Waals surface area contributed by atoms with E-state index < -0.39 is 0 Å². The number of hydrogen-bond donors (Lipinski definition) is 0. The van der Waals surface area contributed by atoms with Crippen molar-refractivity contribution in [1.82, 2.24) is 19.7 Å². The standard InChI is InChI=1S/C15H22N4O2S/c1-10-13(22-9-16-10)8-19(6-7-21-5)15(20)14-11(2)17-18(4)12(14)3/h9H,6-8H2,1-5H3. The van der Waals surface area contributed by atoms with Gasteiger partial charge in [-0.15, -0.1) is 11.3 Å². The molecule has 0 aliphatic carbocycles. The number of carbonyl (C=O) groups is 1. The first-order valence-corrected chi connectivity index (χ1v) is 8.01. The largest absolute Gasteiger partial charge is 0.383 e. The molecular weight excluding hydrogens is 300 g/mol. The van der Waals surface area contributed by atoms with Gasteiger partial charge in [-0.25, -0.2) is 4.98 Å². The minimum atomic E-state index is -0.00653. The molecule has 7 heteroatoms. The molecule has 2 rings (SSSR count). The predicted octanol–water partition coefficient (Wildman–Crippen LogP) is 2.09. The molecule has 0 bridgehead atoms. The fourth-order valence-corrected chi connectivity index (χ4v) is 3.14. The molecule has 0 atom stereocenters. The predicted molar refractivity (Wildman–Crippen MR) is 86.1 cm³/mol. The van der Waals surface area contributed by atoms with Gasteiger partial charge in [-0.3, -0.25) is 9.48 Å². The van der Waals surface area contributed by atoms with Crippen LogP contribution in [0.25, 0.3) is 0 Å². The van der Waals surface area contributed by atoms with Crippen molar-refractivity contribution in [3.8, 4) is 0 Å². The van der Waals surface area contributed by atoms with Gasteiger partial charge in [0.05, 0.1) is 35.6 Å². The molecule has 22 heavy (non-hydrogen) atoms. The van der Waals surface area contributed by atoms with E-state index >= 15 is 0 Å². The highest BCUT2D eigenvalue weighted by Gasteiger charge is 2.24. The maximum atomic E-state index is 12.9. The van der Waals surface area contributed by atoms with Crippen molar-refractivity contribution in [3.63, 3.8) is 0 Å². The smallest absolute Gasteiger partial charge is 0.258 e. The van der Waals surface area contributed by atoms with Crippen LogP contribution in [0.4, 0.5) is 0 Å². The van der Waals surface area contributed by atoms with Crippen LogP contribution in [-0.4, -0.2) is 45.8 Å². The molecule has 2 heterocycles. The van der Waals surface area contributed by atoms with E-state index in [4.69, 9.17) is 4.74 Å². The zero-order valence-corrected chi connectivity index (χ0v) is 14.5. The molecule has 2 aromatic heterocycles. The van der Waals surface area contributed by atoms with E-state index in [9.17, 15) is 4.79 Å². The highest BCUT2D eigenvalue weighted by atomic mass is 32.1. The quantitative estimate of drug-likeness (QED) is 0.817. The van der Waals surface area contributed by atoms with Gasteiger partial charge in [-0.05, 0) is 20.8 Å². The molecule has 0 unspecified atom stereocenters. The molecule has 0 radical (unpaired) electrons. The fourth-order valence-electron chi connectivity index (χ4n) is 2.35. The number of aryl methyl sites for hydroxylation is 3. The first-order chi connectivity index (χ1) is 10.5. The summed E-state index contributed by atoms with van der Waals surface area (Å²) in [6.07, 6.45) is 0. The molecule has 0 fully saturated rings. The van der Waals surface area contributed by atoms with Gasteiger partial charge in [0, 0.05) is 31.3 Å². The lowest BCUT2D eigenvalue weighted by atomic mass is 10.1. The highest BCUT2D eigenvalue weighted by Crippen LogP contribution is 2.19. The van der Waals surface area contributed by atoms with Crippen molar-refractivity contribution in [2.24, 2.45) is 7.05 Å². The van der Waals surface area contributed by atoms with Gasteiger partial charge in [0.1, 0.15) is 0 Å². The van der Waals surface area contributed by atoms with Crippen molar-refractivity contribution >= 4 is 17.2 Å². The average molecular weight is 322 g/mol. The Labute approximate surface area is 134 Å². The number of ether oxygens (including phenoxy) is 1. The van der Waals surface area contributed by atoms with E-state index in [0.29, 0.717) is 25.3 Å². The molecule has 0 aliphatic rings. The first kappa shape index (κ1) is 16.6. The third-order valence-corrected chi connectivity index (χ3v) is 4.67. The third-order valence-electron chi connectivity index (χ3n) is 3.75. The fraction of sp³-hybridized carbons (Fsp3) is 0.533. The molecule has 0 saturated heterocycles. The number of carbonyl (C=O) groups excluding carboxylic acids is 1. The van der Waals surface area contributed by atoms with Crippen LogP contribution in [0.15, 0.2) is 5.51 Å². The van der Waals surface area contributed by atoms with Gasteiger partial charge in [0.25, 0.3) is 5.91 Å². The van der Waals surface area contributed by atoms with Crippen LogP contribution < -0.4 is 0 Å². The Kier molecular flexibility index (Phi) is 5.31. The number of rotatable bonds is 6. The molecule has 0 saturated carbocycles. The lowest BCUT2D eigenvalue weighted by molar-refractivity contribution is 0.0680. The summed E-state index contributed by atoms with van der Waals surface area (Å²) < 4.78 is 6.89. The number of nitrogens with zero attached hydrogens (tertiary/aromatic N) is 4. The molecule has 2 aromatic rings. The number of thiazole rings is 1. The van der Waals surface area contributed by atoms with E-state index in [1.807, 2.05) is 33.3 Å². The Hall–Kier alpha value is -1.73. The molecule has 0 N–H and O–H groups in total. The molecular formula is C15H22N4O2S. The van der Waals surface area contributed by atoms with Crippen LogP contribution in [0.5, 0.6) is 0 Å². The maximum absolute atomic E-state index is 12.9. The molecule has 6 nitrogen and oxygen atoms in total. The van der Waals surface area contributed by atoms with Crippen LogP contribution >= 0.6 is 11.3 Å². The van der Waals surface area contributed by atoms with Crippen molar-refractivity contribution in [1.29, 1.82) is 0 Å². The minimum Gasteiger partial charge on any atom is -0.383 e. The summed E-state index contributed by atoms with van der Waals surface area (Å²) in [4.78, 5) is 20.1. The number of amides is 1. The highest BCUT2D eigenvalue weighted by molar-refractivity contribution is 7.09. The first-order valence-electron chi connectivity index (χ1n) is 7.13. The average Bonchev–Trinajstić information content (AvgIpc) is 2.98. The van der Waals surface area contributed by atoms with E-state index in [-0.39, 0.29) is 5.91 Å². The van der Waals surface area contributed by atoms with Crippen molar-refractivity contribution in [3.05, 3.63) is 33.0 Å². The molecule has 120 valence electrons. The maximum Gasteiger partial charge on any atom is 0.258 e. The Morgan fingerprint density at radius 1 is 1.36 bits per heavy atom. The topological polar surface area (TPSA) is 60.2 Å². The van der Waals surface area contributed by atoms with Crippen LogP contribution in [0.2, 0.25) is 0 Å². The van der Waals surface area contributed by atoms with Crippen LogP contribution in [0.3, 0.4) is 0 Å². The van der Waals surface area contributed by atoms with Gasteiger partial charge in [-0.2, -0.15) is 5.10 Å². The van der Waals surface area contributed by atoms with Crippen molar-refractivity contribution < 1.29 is 9.53 Å². The second-order valence-corrected chi connectivity index (χ2v) is 6.19. The zero-order chi connectivity index (χ0) is 16.3. The summed E-state index contributed by atoms with van der Waals surface area (Å²) in [6.45, 7) is 7.34. The summed E-state index contributed by atoms with van der Waals surface area (Å²) in [5.41, 5.74) is 5.10. The van der Waals surface area contributed by atoms with E-state index in [1.54, 1.807) is 28.0 Å². The Morgan fingerprint density at radius 3 is 2.59 bits per heavy atom. The SMILES string of the molecule is COCCN(Cc1scnc1C)C(=O)c1c(C)nn(C)c1C. The Morgan fingerprint density at radius 2 is 2.09 bits per heavy atom. The van der Waals surface area contributed by atoms with Gasteiger partial charge >= 0.3 is 0 Å². The van der Waals surface area contributed by atoms with Gasteiger partial charge in [0.15, 0.2) is 0 Å². The summed E-state index contributed by atoms with van der Waals surface area (Å²) in [6, 6.07) is 0. The Bertz CT molecular complexity index is 663. The van der Waals surface area contributed by atoms with Crippen LogP contribution in [-0.2, 0) is 18.3 Å². The minimum absolute atomic E-state index is 0.00653. The summed E-state index contributed by atoms with van der Waals surface area (Å²) in [7, 11) is 3.49. The van der Waals surface area contributed by atoms with Crippen molar-refractivity contribution in [2.45, 2.75) is 27.3 Å². The van der Waals surface area contributed by atoms with Gasteiger partial charge < -0.3 is 9.64 Å². The van der Waals surface area contributed by atoms with Gasteiger partial charge in [-0.1, -0.05) is 0 Å². The third kappa shape index (κ3) is 3.36. The lowest BCUT2D eigenvalue weighted by Crippen LogP contribution is -2.34. The number of methoxy groups -OCH3 is 1. The zero-order valence-electron chi connectivity index (χ0n) is 13.7. The molecule has 0 aliphatic heterocycles. The second kappa shape index (κ2) is 7.02. The molecule has 1 amide bonds. The van der Waals surface area contributed by atoms with E-state index in [0.717, 1.165) is 22.0 Å². The van der Waals surface area contributed by atoms with E-state index in [2.05, 4.69) is 10.1 Å². The molecule has 0 aromatic carbocycles. The van der Waals surface area contributed by atoms with Crippen LogP contribution in [0.1, 0.15) is 32.3 Å². The second-order valence-electron chi connectivity index (χ2n) is 5.25. The summed E-state index contributed by atoms with van der Waals surface area (Å²) in [5, 5.41) is 4.34. The monoisotopic (exact) mass is 322 g/mol. The number of hydrogen-bond acceptors (Lipinski definition) is 5. The summed E-state index contributed by atoms with van der Waals surface area (Å²) >= 11 is 1.57. The summed E-state index contributed by atoms with van der Waals surface area (Å²) in [5.74, 6) is -0.00653. The lowest BCUT2D eigenvalue weighted by Gasteiger charge is -2.22. The normalized spacial score (nSPS) is 11.0. The van der Waals surface area contributed by atoms with Crippen LogP contribution in [0, 0.1) is 20.8 Å². The number of aromatic nitrogens is 3. The molecule has 0 spiro atoms.